The highest BCUT2D eigenvalue weighted by atomic mass is 32.2. The molecule has 2 aromatic heterocycles. The molecule has 2 heterocycles. The number of sulfonamides is 1. The van der Waals surface area contributed by atoms with Crippen molar-refractivity contribution in [3.63, 3.8) is 0 Å². The number of fused-ring (bicyclic) bond motifs is 2. The molecule has 0 radical (unpaired) electrons. The maximum absolute atomic E-state index is 13.3. The third-order valence-electron chi connectivity index (χ3n) is 6.04. The van der Waals surface area contributed by atoms with Gasteiger partial charge in [0.25, 0.3) is 10.0 Å². The zero-order valence-corrected chi connectivity index (χ0v) is 22.0. The van der Waals surface area contributed by atoms with Crippen molar-refractivity contribution < 1.29 is 22.7 Å². The van der Waals surface area contributed by atoms with Crippen molar-refractivity contribution in [1.82, 2.24) is 9.97 Å². The van der Waals surface area contributed by atoms with Crippen molar-refractivity contribution >= 4 is 55.0 Å². The highest BCUT2D eigenvalue weighted by Gasteiger charge is 2.27. The number of hydrogen-bond donors (Lipinski definition) is 2. The molecule has 4 aromatic rings. The van der Waals surface area contributed by atoms with E-state index in [2.05, 4.69) is 20.0 Å². The fourth-order valence-corrected chi connectivity index (χ4v) is 6.59. The van der Waals surface area contributed by atoms with Gasteiger partial charge in [-0.05, 0) is 74.6 Å². The lowest BCUT2D eigenvalue weighted by Gasteiger charge is -2.14. The molecule has 11 heteroatoms. The maximum Gasteiger partial charge on any atom is 0.341 e. The Morgan fingerprint density at radius 3 is 2.35 bits per heavy atom. The second-order valence-corrected chi connectivity index (χ2v) is 11.2. The smallest absolute Gasteiger partial charge is 0.341 e. The zero-order chi connectivity index (χ0) is 26.0. The first kappa shape index (κ1) is 25.0. The Morgan fingerprint density at radius 2 is 1.68 bits per heavy atom. The number of anilines is 3. The Kier molecular flexibility index (Phi) is 6.98. The van der Waals surface area contributed by atoms with Crippen molar-refractivity contribution in [2.75, 3.05) is 23.8 Å². The summed E-state index contributed by atoms with van der Waals surface area (Å²) >= 11 is 1.46. The van der Waals surface area contributed by atoms with Gasteiger partial charge in [-0.2, -0.15) is 0 Å². The van der Waals surface area contributed by atoms with Gasteiger partial charge in [-0.1, -0.05) is 12.1 Å². The number of rotatable bonds is 8. The molecule has 37 heavy (non-hydrogen) atoms. The van der Waals surface area contributed by atoms with Crippen LogP contribution in [-0.2, 0) is 27.6 Å². The van der Waals surface area contributed by atoms with Gasteiger partial charge in [-0.15, -0.1) is 11.3 Å². The van der Waals surface area contributed by atoms with Gasteiger partial charge in [0.05, 0.1) is 35.2 Å². The molecule has 0 saturated heterocycles. The molecular weight excluding hydrogens is 512 g/mol. The van der Waals surface area contributed by atoms with Crippen LogP contribution in [-0.4, -0.2) is 38.1 Å². The van der Waals surface area contributed by atoms with Crippen LogP contribution in [0.3, 0.4) is 0 Å². The topological polar surface area (TPSA) is 120 Å². The number of esters is 1. The number of nitrogens with zero attached hydrogens (tertiary/aromatic N) is 2. The van der Waals surface area contributed by atoms with Gasteiger partial charge in [-0.3, -0.25) is 4.72 Å². The van der Waals surface area contributed by atoms with Crippen LogP contribution >= 0.6 is 11.3 Å². The van der Waals surface area contributed by atoms with Gasteiger partial charge in [0.1, 0.15) is 10.8 Å². The van der Waals surface area contributed by atoms with E-state index in [0.29, 0.717) is 34.0 Å². The average Bonchev–Trinajstić information content (AvgIpc) is 3.27. The predicted molar refractivity (Wildman–Crippen MR) is 144 cm³/mol. The molecule has 2 aromatic carbocycles. The summed E-state index contributed by atoms with van der Waals surface area (Å²) in [7, 11) is -2.65. The van der Waals surface area contributed by atoms with E-state index < -0.39 is 16.0 Å². The Morgan fingerprint density at radius 1 is 1.00 bits per heavy atom. The van der Waals surface area contributed by atoms with Gasteiger partial charge in [-0.25, -0.2) is 23.2 Å². The number of thiophene rings is 1. The minimum atomic E-state index is -4.00. The summed E-state index contributed by atoms with van der Waals surface area (Å²) in [4.78, 5) is 23.1. The minimum absolute atomic E-state index is 0.0229. The molecular formula is C26H26N4O5S2. The molecule has 9 nitrogen and oxygen atoms in total. The number of carbonyl (C=O) groups excluding carboxylic acids is 1. The van der Waals surface area contributed by atoms with Crippen LogP contribution in [0.5, 0.6) is 5.75 Å². The molecule has 1 aliphatic carbocycles. The molecule has 2 N–H and O–H groups in total. The van der Waals surface area contributed by atoms with E-state index in [1.807, 2.05) is 13.0 Å². The minimum Gasteiger partial charge on any atom is -0.494 e. The molecule has 0 fully saturated rings. The zero-order valence-electron chi connectivity index (χ0n) is 20.4. The standard InChI is InChI=1S/C26H26N4O5S2/c1-3-35-16-12-14-17(15-13-16)37(32,33)30-24-23(27-19-9-5-6-10-20(19)28-24)29-25-22(26(31)34-2)18-8-4-7-11-21(18)36-25/h5-6,9-10,12-15H,3-4,7-8,11H2,1-2H3,(H,27,29)(H,28,30). The van der Waals surface area contributed by atoms with Gasteiger partial charge in [0, 0.05) is 4.88 Å². The lowest BCUT2D eigenvalue weighted by atomic mass is 9.95. The number of hydrogen-bond acceptors (Lipinski definition) is 9. The normalized spacial score (nSPS) is 13.1. The lowest BCUT2D eigenvalue weighted by Crippen LogP contribution is -2.16. The maximum atomic E-state index is 13.3. The van der Waals surface area contributed by atoms with Crippen LogP contribution in [0, 0.1) is 0 Å². The molecule has 0 atom stereocenters. The Balaban J connectivity index is 1.56. The summed E-state index contributed by atoms with van der Waals surface area (Å²) in [6, 6.07) is 13.3. The lowest BCUT2D eigenvalue weighted by molar-refractivity contribution is 0.0601. The van der Waals surface area contributed by atoms with Crippen molar-refractivity contribution in [2.24, 2.45) is 0 Å². The summed E-state index contributed by atoms with van der Waals surface area (Å²) in [5.74, 6) is 0.352. The number of nitrogens with one attached hydrogen (secondary N) is 2. The van der Waals surface area contributed by atoms with E-state index in [4.69, 9.17) is 9.47 Å². The molecule has 1 aliphatic rings. The van der Waals surface area contributed by atoms with Crippen molar-refractivity contribution in [2.45, 2.75) is 37.5 Å². The number of para-hydroxylation sites is 2. The molecule has 0 spiro atoms. The fraction of sp³-hybridized carbons (Fsp3) is 0.269. The van der Waals surface area contributed by atoms with Crippen LogP contribution in [0.4, 0.5) is 16.6 Å². The highest BCUT2D eigenvalue weighted by molar-refractivity contribution is 7.92. The van der Waals surface area contributed by atoms with Crippen molar-refractivity contribution in [3.8, 4) is 5.75 Å². The summed E-state index contributed by atoms with van der Waals surface area (Å²) in [6.45, 7) is 2.33. The second kappa shape index (κ2) is 10.3. The van der Waals surface area contributed by atoms with E-state index >= 15 is 0 Å². The van der Waals surface area contributed by atoms with Crippen molar-refractivity contribution in [1.29, 1.82) is 0 Å². The molecule has 0 aliphatic heterocycles. The van der Waals surface area contributed by atoms with E-state index in [-0.39, 0.29) is 16.5 Å². The van der Waals surface area contributed by atoms with Gasteiger partial charge < -0.3 is 14.8 Å². The predicted octanol–water partition coefficient (Wildman–Crippen LogP) is 5.30. The summed E-state index contributed by atoms with van der Waals surface area (Å²) in [6.07, 6.45) is 3.72. The van der Waals surface area contributed by atoms with Gasteiger partial charge in [0.2, 0.25) is 0 Å². The quantitative estimate of drug-likeness (QED) is 0.290. The number of ether oxygens (including phenoxy) is 2. The van der Waals surface area contributed by atoms with E-state index in [9.17, 15) is 13.2 Å². The first-order chi connectivity index (χ1) is 17.9. The Labute approximate surface area is 218 Å². The van der Waals surface area contributed by atoms with Crippen LogP contribution in [0.25, 0.3) is 11.0 Å². The third kappa shape index (κ3) is 5.09. The van der Waals surface area contributed by atoms with Crippen LogP contribution in [0.1, 0.15) is 40.6 Å². The van der Waals surface area contributed by atoms with E-state index in [1.165, 1.54) is 30.6 Å². The van der Waals surface area contributed by atoms with Gasteiger partial charge in [0.15, 0.2) is 11.6 Å². The molecule has 0 unspecified atom stereocenters. The number of aromatic nitrogens is 2. The third-order valence-corrected chi connectivity index (χ3v) is 8.60. The number of methoxy groups -OCH3 is 1. The van der Waals surface area contributed by atoms with E-state index in [0.717, 1.165) is 36.1 Å². The average molecular weight is 539 g/mol. The van der Waals surface area contributed by atoms with Gasteiger partial charge >= 0.3 is 5.97 Å². The van der Waals surface area contributed by atoms with Crippen molar-refractivity contribution in [3.05, 3.63) is 64.5 Å². The van der Waals surface area contributed by atoms with Crippen LogP contribution in [0.15, 0.2) is 53.4 Å². The molecule has 0 saturated carbocycles. The Bertz CT molecular complexity index is 1570. The number of carbonyl (C=O) groups is 1. The number of aryl methyl sites for hydroxylation is 1. The summed E-state index contributed by atoms with van der Waals surface area (Å²) in [5.41, 5.74) is 2.56. The monoisotopic (exact) mass is 538 g/mol. The largest absolute Gasteiger partial charge is 0.494 e. The first-order valence-corrected chi connectivity index (χ1v) is 14.2. The molecule has 0 amide bonds. The van der Waals surface area contributed by atoms with Crippen LogP contribution in [0.2, 0.25) is 0 Å². The molecule has 192 valence electrons. The van der Waals surface area contributed by atoms with E-state index in [1.54, 1.807) is 30.3 Å². The molecule has 5 rings (SSSR count). The SMILES string of the molecule is CCOc1ccc(S(=O)(=O)Nc2nc3ccccc3nc2Nc2sc3c(c2C(=O)OC)CCCC3)cc1. The summed E-state index contributed by atoms with van der Waals surface area (Å²) < 4.78 is 39.6. The Hall–Kier alpha value is -3.70. The van der Waals surface area contributed by atoms with Crippen LogP contribution < -0.4 is 14.8 Å². The second-order valence-electron chi connectivity index (χ2n) is 8.45. The number of benzene rings is 2. The summed E-state index contributed by atoms with van der Waals surface area (Å²) in [5, 5.41) is 3.76. The highest BCUT2D eigenvalue weighted by Crippen LogP contribution is 2.41. The fourth-order valence-electron chi connectivity index (χ4n) is 4.31. The molecule has 0 bridgehead atoms. The first-order valence-electron chi connectivity index (χ1n) is 11.9.